The van der Waals surface area contributed by atoms with Crippen LogP contribution in [0.4, 0.5) is 10.3 Å². The lowest BCUT2D eigenvalue weighted by atomic mass is 9.80. The van der Waals surface area contributed by atoms with Crippen molar-refractivity contribution in [2.45, 2.75) is 37.8 Å². The van der Waals surface area contributed by atoms with Crippen LogP contribution in [0.5, 0.6) is 5.75 Å². The van der Waals surface area contributed by atoms with Gasteiger partial charge in [-0.3, -0.25) is 20.3 Å². The van der Waals surface area contributed by atoms with Crippen molar-refractivity contribution in [3.8, 4) is 5.75 Å². The number of tetrazole rings is 1. The van der Waals surface area contributed by atoms with Crippen LogP contribution in [-0.2, 0) is 11.2 Å². The molecule has 188 valence electrons. The molecule has 5 rings (SSSR count). The van der Waals surface area contributed by atoms with Gasteiger partial charge in [-0.05, 0) is 72.7 Å². The zero-order chi connectivity index (χ0) is 25.1. The number of ketones is 1. The number of benzene rings is 2. The highest BCUT2D eigenvalue weighted by molar-refractivity contribution is 6.31. The standard InChI is InChI=1S/C24H25ClFN7O3/c25-16-5-8-21(19(12-16)23(35)27-24-28-31-32-29-24)36-13-20(34)22-15-2-1-9-33(22)30-18(11-15)10-14-3-6-17(26)7-4-14/h3-8,12,15,18,22,30H,1-2,9-11,13H2,(H2,27,28,29,31,32,35). The molecule has 0 spiro atoms. The van der Waals surface area contributed by atoms with E-state index in [9.17, 15) is 14.0 Å². The Hall–Kier alpha value is -3.41. The van der Waals surface area contributed by atoms with E-state index in [2.05, 4.69) is 31.4 Å². The number of hydrazine groups is 1. The SMILES string of the molecule is O=C(Nc1nn[nH]n1)c1cc(Cl)ccc1OCC(=O)C1C2CCCN1NC(Cc1ccc(F)cc1)C2. The molecule has 2 aliphatic rings. The van der Waals surface area contributed by atoms with E-state index in [1.165, 1.54) is 18.2 Å². The third-order valence-corrected chi connectivity index (χ3v) is 6.78. The van der Waals surface area contributed by atoms with Gasteiger partial charge in [-0.2, -0.15) is 5.21 Å². The summed E-state index contributed by atoms with van der Waals surface area (Å²) in [6, 6.07) is 11.0. The van der Waals surface area contributed by atoms with Gasteiger partial charge in [-0.25, -0.2) is 9.40 Å². The number of fused-ring (bicyclic) bond motifs is 2. The van der Waals surface area contributed by atoms with Crippen LogP contribution in [-0.4, -0.2) is 62.6 Å². The number of carbonyl (C=O) groups excluding carboxylic acids is 2. The summed E-state index contributed by atoms with van der Waals surface area (Å²) in [6.07, 6.45) is 3.55. The second-order valence-corrected chi connectivity index (χ2v) is 9.45. The van der Waals surface area contributed by atoms with Gasteiger partial charge in [0.05, 0.1) is 11.6 Å². The molecule has 2 aromatic carbocycles. The zero-order valence-electron chi connectivity index (χ0n) is 19.3. The fourth-order valence-electron chi connectivity index (χ4n) is 5.01. The molecule has 3 aromatic rings. The van der Waals surface area contributed by atoms with Gasteiger partial charge >= 0.3 is 0 Å². The first-order chi connectivity index (χ1) is 17.5. The minimum absolute atomic E-state index is 0.00565. The number of nitrogens with one attached hydrogen (secondary N) is 3. The molecule has 0 saturated carbocycles. The minimum atomic E-state index is -0.537. The summed E-state index contributed by atoms with van der Waals surface area (Å²) >= 11 is 6.09. The molecule has 2 fully saturated rings. The van der Waals surface area contributed by atoms with E-state index < -0.39 is 5.91 Å². The lowest BCUT2D eigenvalue weighted by Crippen LogP contribution is -2.64. The number of nitrogens with zero attached hydrogens (tertiary/aromatic N) is 4. The number of carbonyl (C=O) groups is 2. The molecule has 12 heteroatoms. The average molecular weight is 514 g/mol. The third-order valence-electron chi connectivity index (χ3n) is 6.54. The van der Waals surface area contributed by atoms with E-state index in [0.717, 1.165) is 37.8 Å². The number of H-pyrrole nitrogens is 1. The summed E-state index contributed by atoms with van der Waals surface area (Å²) in [4.78, 5) is 26.0. The van der Waals surface area contributed by atoms with E-state index >= 15 is 0 Å². The Labute approximate surface area is 211 Å². The van der Waals surface area contributed by atoms with Gasteiger partial charge in [0.15, 0.2) is 5.78 Å². The Morgan fingerprint density at radius 1 is 1.22 bits per heavy atom. The summed E-state index contributed by atoms with van der Waals surface area (Å²) in [5.41, 5.74) is 4.70. The number of hydrogen-bond donors (Lipinski definition) is 3. The van der Waals surface area contributed by atoms with Gasteiger partial charge in [-0.1, -0.05) is 28.8 Å². The number of halogens is 2. The van der Waals surface area contributed by atoms with E-state index in [4.69, 9.17) is 16.3 Å². The topological polar surface area (TPSA) is 125 Å². The van der Waals surface area contributed by atoms with Gasteiger partial charge < -0.3 is 4.74 Å². The van der Waals surface area contributed by atoms with Crippen LogP contribution >= 0.6 is 11.6 Å². The van der Waals surface area contributed by atoms with Crippen LogP contribution in [0.15, 0.2) is 42.5 Å². The van der Waals surface area contributed by atoms with Crippen LogP contribution in [0.2, 0.25) is 5.02 Å². The van der Waals surface area contributed by atoms with Gasteiger partial charge in [0, 0.05) is 17.6 Å². The van der Waals surface area contributed by atoms with Gasteiger partial charge in [0.2, 0.25) is 0 Å². The third kappa shape index (κ3) is 5.53. The van der Waals surface area contributed by atoms with Crippen molar-refractivity contribution in [3.05, 3.63) is 64.4 Å². The van der Waals surface area contributed by atoms with Crippen molar-refractivity contribution < 1.29 is 18.7 Å². The summed E-state index contributed by atoms with van der Waals surface area (Å²) < 4.78 is 19.1. The molecule has 1 amide bonds. The van der Waals surface area contributed by atoms with Crippen molar-refractivity contribution in [2.24, 2.45) is 5.92 Å². The Bertz CT molecular complexity index is 1210. The van der Waals surface area contributed by atoms with Crippen molar-refractivity contribution in [2.75, 3.05) is 18.5 Å². The average Bonchev–Trinajstić information content (AvgIpc) is 3.37. The van der Waals surface area contributed by atoms with Crippen LogP contribution in [0.3, 0.4) is 0 Å². The second kappa shape index (κ2) is 10.7. The van der Waals surface area contributed by atoms with Crippen LogP contribution in [0, 0.1) is 11.7 Å². The molecule has 3 heterocycles. The van der Waals surface area contributed by atoms with E-state index in [1.807, 2.05) is 5.01 Å². The molecule has 36 heavy (non-hydrogen) atoms. The van der Waals surface area contributed by atoms with E-state index in [0.29, 0.717) is 5.02 Å². The van der Waals surface area contributed by atoms with Crippen LogP contribution < -0.4 is 15.5 Å². The number of Topliss-reactive ketones (excluding diaryl/α,β-unsaturated/α-hetero) is 1. The Kier molecular flexibility index (Phi) is 7.21. The largest absolute Gasteiger partial charge is 0.485 e. The first kappa shape index (κ1) is 24.3. The van der Waals surface area contributed by atoms with Gasteiger partial charge in [0.1, 0.15) is 18.2 Å². The smallest absolute Gasteiger partial charge is 0.270 e. The van der Waals surface area contributed by atoms with Crippen LogP contribution in [0.25, 0.3) is 0 Å². The number of hydrogen-bond acceptors (Lipinski definition) is 8. The molecule has 4 atom stereocenters. The molecule has 2 saturated heterocycles. The molecule has 0 aliphatic carbocycles. The Morgan fingerprint density at radius 2 is 2.06 bits per heavy atom. The summed E-state index contributed by atoms with van der Waals surface area (Å²) in [6.45, 7) is 0.568. The maximum absolute atomic E-state index is 13.3. The van der Waals surface area contributed by atoms with Crippen molar-refractivity contribution in [1.82, 2.24) is 31.1 Å². The zero-order valence-corrected chi connectivity index (χ0v) is 20.0. The molecule has 1 aromatic heterocycles. The number of anilines is 1. The van der Waals surface area contributed by atoms with Crippen molar-refractivity contribution in [1.29, 1.82) is 0 Å². The quantitative estimate of drug-likeness (QED) is 0.420. The predicted octanol–water partition coefficient (Wildman–Crippen LogP) is 2.79. The van der Waals surface area contributed by atoms with Crippen LogP contribution in [0.1, 0.15) is 35.2 Å². The highest BCUT2D eigenvalue weighted by atomic mass is 35.5. The number of aromatic nitrogens is 4. The molecule has 2 aliphatic heterocycles. The molecule has 4 unspecified atom stereocenters. The highest BCUT2D eigenvalue weighted by Gasteiger charge is 2.42. The normalized spacial score (nSPS) is 23.2. The molecular formula is C24H25ClFN7O3. The number of ether oxygens (including phenoxy) is 1. The molecule has 3 N–H and O–H groups in total. The molecular weight excluding hydrogens is 489 g/mol. The monoisotopic (exact) mass is 513 g/mol. The molecule has 2 bridgehead atoms. The first-order valence-electron chi connectivity index (χ1n) is 11.7. The number of piperidine rings is 1. The van der Waals surface area contributed by atoms with Gasteiger partial charge in [0.25, 0.3) is 11.9 Å². The highest BCUT2D eigenvalue weighted by Crippen LogP contribution is 2.33. The lowest BCUT2D eigenvalue weighted by molar-refractivity contribution is -0.136. The fraction of sp³-hybridized carbons (Fsp3) is 0.375. The summed E-state index contributed by atoms with van der Waals surface area (Å²) in [7, 11) is 0. The second-order valence-electron chi connectivity index (χ2n) is 9.02. The molecule has 10 nitrogen and oxygen atoms in total. The first-order valence-corrected chi connectivity index (χ1v) is 12.1. The lowest BCUT2D eigenvalue weighted by Gasteiger charge is -2.48. The van der Waals surface area contributed by atoms with Crippen molar-refractivity contribution in [3.63, 3.8) is 0 Å². The Morgan fingerprint density at radius 3 is 2.81 bits per heavy atom. The number of rotatable bonds is 8. The Balaban J connectivity index is 1.23. The predicted molar refractivity (Wildman–Crippen MR) is 129 cm³/mol. The maximum atomic E-state index is 13.3. The number of amides is 1. The number of aromatic amines is 1. The summed E-state index contributed by atoms with van der Waals surface area (Å²) in [5, 5.41) is 17.9. The molecule has 0 radical (unpaired) electrons. The minimum Gasteiger partial charge on any atom is -0.485 e. The maximum Gasteiger partial charge on any atom is 0.270 e. The van der Waals surface area contributed by atoms with E-state index in [1.54, 1.807) is 24.3 Å². The van der Waals surface area contributed by atoms with E-state index in [-0.39, 0.29) is 53.5 Å². The summed E-state index contributed by atoms with van der Waals surface area (Å²) in [5.74, 6) is -0.430. The van der Waals surface area contributed by atoms with Gasteiger partial charge in [-0.15, -0.1) is 5.10 Å². The van der Waals surface area contributed by atoms with Crippen molar-refractivity contribution >= 4 is 29.2 Å². The fourth-order valence-corrected chi connectivity index (χ4v) is 5.19.